The van der Waals surface area contributed by atoms with Crippen molar-refractivity contribution in [3.8, 4) is 0 Å². The lowest BCUT2D eigenvalue weighted by Crippen LogP contribution is -2.19. The Labute approximate surface area is 143 Å². The normalized spacial score (nSPS) is 10.5. The van der Waals surface area contributed by atoms with E-state index in [4.69, 9.17) is 5.73 Å². The van der Waals surface area contributed by atoms with E-state index < -0.39 is 5.91 Å². The second-order valence-corrected chi connectivity index (χ2v) is 6.10. The highest BCUT2D eigenvalue weighted by molar-refractivity contribution is 8.00. The van der Waals surface area contributed by atoms with Crippen molar-refractivity contribution in [2.75, 3.05) is 11.1 Å². The first-order valence-electron chi connectivity index (χ1n) is 7.30. The number of pyridine rings is 1. The number of benzene rings is 2. The number of nitrogens with zero attached hydrogens (tertiary/aromatic N) is 1. The summed E-state index contributed by atoms with van der Waals surface area (Å²) in [4.78, 5) is 28.9. The SMILES string of the molecule is NC(=O)c1ccccc1NC(=O)CSc1cccc2cccnc12. The van der Waals surface area contributed by atoms with Gasteiger partial charge in [0.05, 0.1) is 22.5 Å². The predicted molar refractivity (Wildman–Crippen MR) is 96.1 cm³/mol. The standard InChI is InChI=1S/C18H15N3O2S/c19-18(23)13-7-1-2-8-14(13)21-16(22)11-24-15-9-3-5-12-6-4-10-20-17(12)15/h1-10H,11H2,(H2,19,23)(H,21,22). The van der Waals surface area contributed by atoms with Crippen LogP contribution in [-0.2, 0) is 4.79 Å². The Morgan fingerprint density at radius 2 is 1.83 bits per heavy atom. The molecule has 0 aliphatic rings. The van der Waals surface area contributed by atoms with E-state index in [1.54, 1.807) is 30.5 Å². The molecule has 0 atom stereocenters. The second-order valence-electron chi connectivity index (χ2n) is 5.08. The maximum Gasteiger partial charge on any atom is 0.250 e. The number of fused-ring (bicyclic) bond motifs is 1. The van der Waals surface area contributed by atoms with Gasteiger partial charge in [-0.3, -0.25) is 14.6 Å². The molecule has 0 aliphatic heterocycles. The Bertz CT molecular complexity index is 906. The summed E-state index contributed by atoms with van der Waals surface area (Å²) >= 11 is 1.40. The van der Waals surface area contributed by atoms with Crippen molar-refractivity contribution < 1.29 is 9.59 Å². The number of thioether (sulfide) groups is 1. The predicted octanol–water partition coefficient (Wildman–Crippen LogP) is 3.06. The Morgan fingerprint density at radius 1 is 1.04 bits per heavy atom. The van der Waals surface area contributed by atoms with E-state index in [0.717, 1.165) is 15.8 Å². The Hall–Kier alpha value is -2.86. The zero-order valence-electron chi connectivity index (χ0n) is 12.7. The highest BCUT2D eigenvalue weighted by Gasteiger charge is 2.11. The molecule has 0 saturated heterocycles. The smallest absolute Gasteiger partial charge is 0.250 e. The molecule has 2 amide bonds. The topological polar surface area (TPSA) is 85.1 Å². The van der Waals surface area contributed by atoms with Gasteiger partial charge in [-0.05, 0) is 24.3 Å². The minimum atomic E-state index is -0.572. The lowest BCUT2D eigenvalue weighted by molar-refractivity contribution is -0.113. The van der Waals surface area contributed by atoms with Crippen LogP contribution < -0.4 is 11.1 Å². The van der Waals surface area contributed by atoms with Crippen LogP contribution in [0.4, 0.5) is 5.69 Å². The average molecular weight is 337 g/mol. The molecule has 3 aromatic rings. The molecule has 0 spiro atoms. The molecule has 2 aromatic carbocycles. The monoisotopic (exact) mass is 337 g/mol. The molecule has 3 N–H and O–H groups in total. The minimum absolute atomic E-state index is 0.207. The third-order valence-corrected chi connectivity index (χ3v) is 4.47. The van der Waals surface area contributed by atoms with Crippen molar-refractivity contribution in [1.29, 1.82) is 0 Å². The largest absolute Gasteiger partial charge is 0.366 e. The van der Waals surface area contributed by atoms with Gasteiger partial charge in [-0.2, -0.15) is 0 Å². The van der Waals surface area contributed by atoms with Gasteiger partial charge < -0.3 is 11.1 Å². The molecule has 0 unspecified atom stereocenters. The van der Waals surface area contributed by atoms with E-state index >= 15 is 0 Å². The van der Waals surface area contributed by atoms with Crippen LogP contribution in [-0.4, -0.2) is 22.6 Å². The molecule has 6 heteroatoms. The molecule has 0 fully saturated rings. The number of amides is 2. The van der Waals surface area contributed by atoms with E-state index in [1.807, 2.05) is 30.3 Å². The zero-order valence-corrected chi connectivity index (χ0v) is 13.5. The molecular weight excluding hydrogens is 322 g/mol. The number of nitrogens with two attached hydrogens (primary N) is 1. The molecular formula is C18H15N3O2S. The number of nitrogens with one attached hydrogen (secondary N) is 1. The molecule has 0 radical (unpaired) electrons. The van der Waals surface area contributed by atoms with Crippen molar-refractivity contribution in [2.45, 2.75) is 4.90 Å². The summed E-state index contributed by atoms with van der Waals surface area (Å²) < 4.78 is 0. The fourth-order valence-corrected chi connectivity index (χ4v) is 3.17. The number of hydrogen-bond donors (Lipinski definition) is 2. The lowest BCUT2D eigenvalue weighted by Gasteiger charge is -2.09. The highest BCUT2D eigenvalue weighted by Crippen LogP contribution is 2.26. The maximum atomic E-state index is 12.2. The maximum absolute atomic E-state index is 12.2. The van der Waals surface area contributed by atoms with Crippen LogP contribution in [0.5, 0.6) is 0 Å². The van der Waals surface area contributed by atoms with Crippen molar-refractivity contribution >= 4 is 40.2 Å². The van der Waals surface area contributed by atoms with Gasteiger partial charge in [-0.1, -0.05) is 30.3 Å². The first-order chi connectivity index (χ1) is 11.6. The van der Waals surface area contributed by atoms with Gasteiger partial charge >= 0.3 is 0 Å². The Kier molecular flexibility index (Phi) is 4.77. The number of para-hydroxylation sites is 2. The first-order valence-corrected chi connectivity index (χ1v) is 8.29. The number of anilines is 1. The molecule has 0 aliphatic carbocycles. The second kappa shape index (κ2) is 7.14. The molecule has 1 aromatic heterocycles. The number of aromatic nitrogens is 1. The van der Waals surface area contributed by atoms with Gasteiger partial charge in [-0.15, -0.1) is 11.8 Å². The summed E-state index contributed by atoms with van der Waals surface area (Å²) in [5.41, 5.74) is 6.90. The molecule has 5 nitrogen and oxygen atoms in total. The Morgan fingerprint density at radius 3 is 2.67 bits per heavy atom. The van der Waals surface area contributed by atoms with E-state index in [0.29, 0.717) is 11.3 Å². The van der Waals surface area contributed by atoms with Gasteiger partial charge in [0.1, 0.15) is 0 Å². The third-order valence-electron chi connectivity index (χ3n) is 3.42. The fraction of sp³-hybridized carbons (Fsp3) is 0.0556. The quantitative estimate of drug-likeness (QED) is 0.701. The van der Waals surface area contributed by atoms with Crippen LogP contribution >= 0.6 is 11.8 Å². The average Bonchev–Trinajstić information content (AvgIpc) is 2.60. The van der Waals surface area contributed by atoms with Gasteiger partial charge in [0, 0.05) is 16.5 Å². The summed E-state index contributed by atoms with van der Waals surface area (Å²) in [5.74, 6) is -0.568. The molecule has 3 rings (SSSR count). The molecule has 0 bridgehead atoms. The van der Waals surface area contributed by atoms with Crippen LogP contribution in [0.1, 0.15) is 10.4 Å². The Balaban J connectivity index is 1.71. The number of hydrogen-bond acceptors (Lipinski definition) is 4. The summed E-state index contributed by atoms with van der Waals surface area (Å²) in [6.07, 6.45) is 1.73. The van der Waals surface area contributed by atoms with Crippen LogP contribution in [0.3, 0.4) is 0 Å². The van der Waals surface area contributed by atoms with E-state index in [2.05, 4.69) is 10.3 Å². The van der Waals surface area contributed by atoms with Crippen molar-refractivity contribution in [3.05, 3.63) is 66.4 Å². The van der Waals surface area contributed by atoms with Crippen molar-refractivity contribution in [2.24, 2.45) is 5.73 Å². The lowest BCUT2D eigenvalue weighted by atomic mass is 10.1. The van der Waals surface area contributed by atoms with Crippen LogP contribution in [0.25, 0.3) is 10.9 Å². The van der Waals surface area contributed by atoms with Crippen LogP contribution in [0.15, 0.2) is 65.7 Å². The number of carbonyl (C=O) groups is 2. The summed E-state index contributed by atoms with van der Waals surface area (Å²) in [5, 5.41) is 3.76. The number of rotatable bonds is 5. The molecule has 120 valence electrons. The first kappa shape index (κ1) is 16.0. The van der Waals surface area contributed by atoms with Crippen molar-refractivity contribution in [1.82, 2.24) is 4.98 Å². The van der Waals surface area contributed by atoms with E-state index in [-0.39, 0.29) is 11.7 Å². The van der Waals surface area contributed by atoms with Crippen LogP contribution in [0.2, 0.25) is 0 Å². The van der Waals surface area contributed by atoms with Gasteiger partial charge in [0.15, 0.2) is 0 Å². The third kappa shape index (κ3) is 3.55. The zero-order chi connectivity index (χ0) is 16.9. The van der Waals surface area contributed by atoms with Gasteiger partial charge in [0.2, 0.25) is 5.91 Å². The highest BCUT2D eigenvalue weighted by atomic mass is 32.2. The van der Waals surface area contributed by atoms with Gasteiger partial charge in [0.25, 0.3) is 5.91 Å². The van der Waals surface area contributed by atoms with E-state index in [9.17, 15) is 9.59 Å². The van der Waals surface area contributed by atoms with Gasteiger partial charge in [-0.25, -0.2) is 0 Å². The summed E-state index contributed by atoms with van der Waals surface area (Å²) in [6, 6.07) is 16.4. The van der Waals surface area contributed by atoms with E-state index in [1.165, 1.54) is 11.8 Å². The molecule has 0 saturated carbocycles. The van der Waals surface area contributed by atoms with Crippen molar-refractivity contribution in [3.63, 3.8) is 0 Å². The molecule has 24 heavy (non-hydrogen) atoms. The fourth-order valence-electron chi connectivity index (χ4n) is 2.33. The number of carbonyl (C=O) groups excluding carboxylic acids is 2. The summed E-state index contributed by atoms with van der Waals surface area (Å²) in [6.45, 7) is 0. The number of primary amides is 1. The minimum Gasteiger partial charge on any atom is -0.366 e. The van der Waals surface area contributed by atoms with Crippen LogP contribution in [0, 0.1) is 0 Å². The molecule has 1 heterocycles. The summed E-state index contributed by atoms with van der Waals surface area (Å²) in [7, 11) is 0.